The monoisotopic (exact) mass is 358 g/mol. The third-order valence-corrected chi connectivity index (χ3v) is 4.23. The van der Waals surface area contributed by atoms with Gasteiger partial charge in [-0.15, -0.1) is 0 Å². The van der Waals surface area contributed by atoms with Gasteiger partial charge in [-0.25, -0.2) is 9.97 Å². The predicted molar refractivity (Wildman–Crippen MR) is 96.0 cm³/mol. The lowest BCUT2D eigenvalue weighted by molar-refractivity contribution is -0.119. The van der Waals surface area contributed by atoms with Crippen molar-refractivity contribution in [1.29, 1.82) is 0 Å². The summed E-state index contributed by atoms with van der Waals surface area (Å²) < 4.78 is 7.87. The van der Waals surface area contributed by atoms with Gasteiger partial charge in [-0.05, 0) is 12.5 Å². The van der Waals surface area contributed by atoms with Crippen LogP contribution in [0.3, 0.4) is 0 Å². The fraction of sp³-hybridized carbons (Fsp3) is 0.556. The van der Waals surface area contributed by atoms with Crippen LogP contribution in [-0.2, 0) is 29.2 Å². The summed E-state index contributed by atoms with van der Waals surface area (Å²) in [5.41, 5.74) is 1.99. The summed E-state index contributed by atoms with van der Waals surface area (Å²) in [5, 5.41) is 7.15. The minimum absolute atomic E-state index is 0.0751. The first-order valence-corrected chi connectivity index (χ1v) is 9.05. The molecule has 1 saturated heterocycles. The second kappa shape index (κ2) is 8.86. The zero-order valence-electron chi connectivity index (χ0n) is 15.4. The summed E-state index contributed by atoms with van der Waals surface area (Å²) in [6.45, 7) is 8.09. The maximum absolute atomic E-state index is 11.1. The zero-order chi connectivity index (χ0) is 18.4. The van der Waals surface area contributed by atoms with Gasteiger partial charge in [-0.2, -0.15) is 5.10 Å². The minimum Gasteiger partial charge on any atom is -0.368 e. The van der Waals surface area contributed by atoms with Gasteiger partial charge in [0.2, 0.25) is 5.91 Å². The van der Waals surface area contributed by atoms with E-state index in [-0.39, 0.29) is 12.0 Å². The van der Waals surface area contributed by atoms with Crippen molar-refractivity contribution in [3.05, 3.63) is 41.7 Å². The number of amides is 1. The molecule has 3 heterocycles. The highest BCUT2D eigenvalue weighted by molar-refractivity contribution is 5.72. The number of hydrogen-bond acceptors (Lipinski definition) is 6. The van der Waals surface area contributed by atoms with E-state index in [0.29, 0.717) is 19.0 Å². The van der Waals surface area contributed by atoms with Crippen molar-refractivity contribution in [1.82, 2.24) is 30.0 Å². The van der Waals surface area contributed by atoms with Crippen LogP contribution in [0.2, 0.25) is 0 Å². The molecule has 0 aliphatic carbocycles. The lowest BCUT2D eigenvalue weighted by Crippen LogP contribution is -2.38. The second-order valence-electron chi connectivity index (χ2n) is 6.52. The average molecular weight is 358 g/mol. The summed E-state index contributed by atoms with van der Waals surface area (Å²) in [6, 6.07) is 1.81. The Bertz CT molecular complexity index is 732. The summed E-state index contributed by atoms with van der Waals surface area (Å²) in [4.78, 5) is 22.3. The molecule has 0 spiro atoms. The van der Waals surface area contributed by atoms with E-state index in [1.807, 2.05) is 16.9 Å². The highest BCUT2D eigenvalue weighted by Gasteiger charge is 2.24. The Morgan fingerprint density at radius 3 is 3.15 bits per heavy atom. The first kappa shape index (κ1) is 18.5. The Labute approximate surface area is 153 Å². The van der Waals surface area contributed by atoms with Crippen molar-refractivity contribution in [2.75, 3.05) is 19.7 Å². The van der Waals surface area contributed by atoms with Crippen molar-refractivity contribution < 1.29 is 9.53 Å². The van der Waals surface area contributed by atoms with Crippen LogP contribution in [0.4, 0.5) is 0 Å². The van der Waals surface area contributed by atoms with E-state index >= 15 is 0 Å². The average Bonchev–Trinajstić information content (AvgIpc) is 3.08. The Kier molecular flexibility index (Phi) is 6.30. The number of hydrogen-bond donors (Lipinski definition) is 1. The molecule has 1 amide bonds. The molecule has 26 heavy (non-hydrogen) atoms. The maximum Gasteiger partial charge on any atom is 0.217 e. The molecule has 1 aliphatic rings. The fourth-order valence-corrected chi connectivity index (χ4v) is 2.98. The molecule has 8 nitrogen and oxygen atoms in total. The predicted octanol–water partition coefficient (Wildman–Crippen LogP) is 1.29. The SMILES string of the molecule is CCCn1cc(CN2CCO[C@@H](c3nccc(CNC(C)=O)n3)C2)cn1. The molecule has 0 bridgehead atoms. The molecule has 2 aromatic rings. The topological polar surface area (TPSA) is 85.2 Å². The van der Waals surface area contributed by atoms with Crippen LogP contribution < -0.4 is 5.32 Å². The van der Waals surface area contributed by atoms with Gasteiger partial charge < -0.3 is 10.1 Å². The van der Waals surface area contributed by atoms with E-state index in [9.17, 15) is 4.79 Å². The minimum atomic E-state index is -0.160. The van der Waals surface area contributed by atoms with Crippen molar-refractivity contribution in [3.63, 3.8) is 0 Å². The smallest absolute Gasteiger partial charge is 0.217 e. The van der Waals surface area contributed by atoms with E-state index in [1.165, 1.54) is 12.5 Å². The highest BCUT2D eigenvalue weighted by atomic mass is 16.5. The number of aryl methyl sites for hydroxylation is 1. The quantitative estimate of drug-likeness (QED) is 0.803. The molecule has 1 atom stereocenters. The Morgan fingerprint density at radius 1 is 1.46 bits per heavy atom. The molecule has 3 rings (SSSR count). The molecule has 0 radical (unpaired) electrons. The molecule has 0 aromatic carbocycles. The van der Waals surface area contributed by atoms with E-state index < -0.39 is 0 Å². The van der Waals surface area contributed by atoms with Crippen LogP contribution in [0, 0.1) is 0 Å². The molecule has 0 unspecified atom stereocenters. The second-order valence-corrected chi connectivity index (χ2v) is 6.52. The van der Waals surface area contributed by atoms with Gasteiger partial charge in [0.05, 0.1) is 25.0 Å². The van der Waals surface area contributed by atoms with Gasteiger partial charge in [0.25, 0.3) is 0 Å². The number of morpholine rings is 1. The molecule has 8 heteroatoms. The Hall–Kier alpha value is -2.32. The maximum atomic E-state index is 11.1. The number of carbonyl (C=O) groups is 1. The first-order chi connectivity index (χ1) is 12.6. The van der Waals surface area contributed by atoms with Crippen LogP contribution in [0.25, 0.3) is 0 Å². The van der Waals surface area contributed by atoms with E-state index in [2.05, 4.69) is 38.4 Å². The van der Waals surface area contributed by atoms with Gasteiger partial charge >= 0.3 is 0 Å². The molecular formula is C18H26N6O2. The standard InChI is InChI=1S/C18H26N6O2/c1-3-6-24-12-15(9-21-24)11-23-7-8-26-17(13-23)18-19-5-4-16(22-18)10-20-14(2)25/h4-5,9,12,17H,3,6-8,10-11,13H2,1-2H3,(H,20,25)/t17-/m1/s1. The van der Waals surface area contributed by atoms with Crippen molar-refractivity contribution >= 4 is 5.91 Å². The van der Waals surface area contributed by atoms with Crippen LogP contribution in [0.15, 0.2) is 24.7 Å². The third-order valence-electron chi connectivity index (χ3n) is 4.23. The summed E-state index contributed by atoms with van der Waals surface area (Å²) in [6.07, 6.45) is 6.68. The van der Waals surface area contributed by atoms with Gasteiger partial charge in [-0.3, -0.25) is 14.4 Å². The zero-order valence-corrected chi connectivity index (χ0v) is 15.4. The largest absolute Gasteiger partial charge is 0.368 e. The Morgan fingerprint density at radius 2 is 2.35 bits per heavy atom. The van der Waals surface area contributed by atoms with E-state index in [1.54, 1.807) is 6.20 Å². The van der Waals surface area contributed by atoms with E-state index in [0.717, 1.165) is 38.3 Å². The number of nitrogens with zero attached hydrogens (tertiary/aromatic N) is 5. The van der Waals surface area contributed by atoms with Crippen molar-refractivity contribution in [2.45, 2.75) is 46.0 Å². The molecule has 2 aromatic heterocycles. The van der Waals surface area contributed by atoms with Crippen LogP contribution in [0.1, 0.15) is 43.5 Å². The van der Waals surface area contributed by atoms with Gasteiger partial charge in [0.1, 0.15) is 6.10 Å². The lowest BCUT2D eigenvalue weighted by Gasteiger charge is -2.31. The first-order valence-electron chi connectivity index (χ1n) is 9.05. The summed E-state index contributed by atoms with van der Waals surface area (Å²) in [5.74, 6) is 0.591. The number of nitrogens with one attached hydrogen (secondary N) is 1. The highest BCUT2D eigenvalue weighted by Crippen LogP contribution is 2.20. The van der Waals surface area contributed by atoms with Crippen molar-refractivity contribution in [3.8, 4) is 0 Å². The number of aromatic nitrogens is 4. The molecule has 140 valence electrons. The Balaban J connectivity index is 1.60. The summed E-state index contributed by atoms with van der Waals surface area (Å²) >= 11 is 0. The van der Waals surface area contributed by atoms with Gasteiger partial charge in [-0.1, -0.05) is 6.92 Å². The third kappa shape index (κ3) is 5.09. The van der Waals surface area contributed by atoms with Gasteiger partial charge in [0, 0.05) is 51.1 Å². The van der Waals surface area contributed by atoms with Crippen molar-refractivity contribution in [2.24, 2.45) is 0 Å². The van der Waals surface area contributed by atoms with Crippen LogP contribution in [-0.4, -0.2) is 50.3 Å². The molecular weight excluding hydrogens is 332 g/mol. The molecule has 0 saturated carbocycles. The fourth-order valence-electron chi connectivity index (χ4n) is 2.98. The lowest BCUT2D eigenvalue weighted by atomic mass is 10.2. The van der Waals surface area contributed by atoms with Gasteiger partial charge in [0.15, 0.2) is 5.82 Å². The summed E-state index contributed by atoms with van der Waals surface area (Å²) in [7, 11) is 0. The normalized spacial score (nSPS) is 18.0. The number of rotatable bonds is 7. The molecule has 1 fully saturated rings. The number of carbonyl (C=O) groups excluding carboxylic acids is 1. The van der Waals surface area contributed by atoms with Crippen LogP contribution >= 0.6 is 0 Å². The van der Waals surface area contributed by atoms with E-state index in [4.69, 9.17) is 4.74 Å². The molecule has 1 N–H and O–H groups in total. The van der Waals surface area contributed by atoms with Crippen LogP contribution in [0.5, 0.6) is 0 Å². The molecule has 1 aliphatic heterocycles. The number of ether oxygens (including phenoxy) is 1.